The van der Waals surface area contributed by atoms with Gasteiger partial charge in [-0.05, 0) is 37.5 Å². The van der Waals surface area contributed by atoms with E-state index < -0.39 is 17.3 Å². The molecular formula is C38H53NO9. The standard InChI is InChI=1S/C38H53NO9/c1-37(2,3)48-36(40)39-19-20-41-21-22-42-23-24-43-25-26-44-27-28-45-29-30-46-31-32-47-38(33-13-7-4-8-14-33,34-15-9-5-10-16-34)35-17-11-6-12-18-35/h4-18H,19-32H2,1-3H3,(H,39,40). The van der Waals surface area contributed by atoms with E-state index in [1.165, 1.54) is 0 Å². The van der Waals surface area contributed by atoms with E-state index in [-0.39, 0.29) is 0 Å². The molecular weight excluding hydrogens is 614 g/mol. The van der Waals surface area contributed by atoms with Crippen molar-refractivity contribution < 1.29 is 42.7 Å². The minimum atomic E-state index is -0.753. The molecule has 0 radical (unpaired) electrons. The van der Waals surface area contributed by atoms with Crippen LogP contribution in [0.5, 0.6) is 0 Å². The number of hydrogen-bond donors (Lipinski definition) is 1. The molecule has 0 heterocycles. The van der Waals surface area contributed by atoms with Crippen LogP contribution in [0.1, 0.15) is 37.5 Å². The minimum absolute atomic E-state index is 0.382. The summed E-state index contributed by atoms with van der Waals surface area (Å²) in [4.78, 5) is 11.5. The van der Waals surface area contributed by atoms with Gasteiger partial charge in [0.05, 0.1) is 85.9 Å². The number of hydrogen-bond acceptors (Lipinski definition) is 9. The average molecular weight is 668 g/mol. The zero-order chi connectivity index (χ0) is 34.2. The van der Waals surface area contributed by atoms with E-state index in [9.17, 15) is 4.79 Å². The number of amides is 1. The first-order valence-electron chi connectivity index (χ1n) is 16.7. The number of benzene rings is 3. The van der Waals surface area contributed by atoms with Crippen LogP contribution in [0.15, 0.2) is 91.0 Å². The smallest absolute Gasteiger partial charge is 0.407 e. The second-order valence-corrected chi connectivity index (χ2v) is 11.7. The third kappa shape index (κ3) is 15.3. The van der Waals surface area contributed by atoms with Crippen LogP contribution >= 0.6 is 0 Å². The molecule has 10 heteroatoms. The van der Waals surface area contributed by atoms with Crippen LogP contribution in [0.2, 0.25) is 0 Å². The highest BCUT2D eigenvalue weighted by molar-refractivity contribution is 5.67. The van der Waals surface area contributed by atoms with E-state index >= 15 is 0 Å². The molecule has 1 amide bonds. The van der Waals surface area contributed by atoms with Crippen molar-refractivity contribution in [2.45, 2.75) is 32.0 Å². The van der Waals surface area contributed by atoms with Crippen LogP contribution in [-0.2, 0) is 43.5 Å². The largest absolute Gasteiger partial charge is 0.444 e. The lowest BCUT2D eigenvalue weighted by atomic mass is 9.80. The van der Waals surface area contributed by atoms with Gasteiger partial charge in [-0.3, -0.25) is 0 Å². The first-order valence-corrected chi connectivity index (χ1v) is 16.7. The number of rotatable bonds is 25. The van der Waals surface area contributed by atoms with Crippen molar-refractivity contribution in [3.05, 3.63) is 108 Å². The van der Waals surface area contributed by atoms with Crippen molar-refractivity contribution in [1.29, 1.82) is 0 Å². The average Bonchev–Trinajstić information content (AvgIpc) is 3.09. The quantitative estimate of drug-likeness (QED) is 0.0912. The molecule has 10 nitrogen and oxygen atoms in total. The molecule has 3 aromatic carbocycles. The predicted octanol–water partition coefficient (Wildman–Crippen LogP) is 5.62. The minimum Gasteiger partial charge on any atom is -0.444 e. The van der Waals surface area contributed by atoms with Gasteiger partial charge in [0.15, 0.2) is 0 Å². The van der Waals surface area contributed by atoms with Gasteiger partial charge in [-0.2, -0.15) is 0 Å². The van der Waals surface area contributed by atoms with E-state index in [4.69, 9.17) is 37.9 Å². The molecule has 0 aromatic heterocycles. The monoisotopic (exact) mass is 667 g/mol. The maximum Gasteiger partial charge on any atom is 0.407 e. The third-order valence-corrected chi connectivity index (χ3v) is 6.86. The van der Waals surface area contributed by atoms with Crippen LogP contribution in [0, 0.1) is 0 Å². The van der Waals surface area contributed by atoms with E-state index in [2.05, 4.69) is 41.7 Å². The summed E-state index contributed by atoms with van der Waals surface area (Å²) in [6.07, 6.45) is -0.451. The first-order chi connectivity index (χ1) is 23.4. The van der Waals surface area contributed by atoms with E-state index in [0.717, 1.165) is 16.7 Å². The van der Waals surface area contributed by atoms with Crippen molar-refractivity contribution >= 4 is 6.09 Å². The summed E-state index contributed by atoms with van der Waals surface area (Å²) in [5.74, 6) is 0. The fourth-order valence-electron chi connectivity index (χ4n) is 4.76. The maximum atomic E-state index is 11.5. The Hall–Kier alpha value is -3.35. The van der Waals surface area contributed by atoms with Gasteiger partial charge < -0.3 is 43.2 Å². The van der Waals surface area contributed by atoms with Gasteiger partial charge >= 0.3 is 6.09 Å². The van der Waals surface area contributed by atoms with Crippen LogP contribution < -0.4 is 5.32 Å². The summed E-state index contributed by atoms with van der Waals surface area (Å²) in [5.41, 5.74) is 1.93. The second-order valence-electron chi connectivity index (χ2n) is 11.7. The molecule has 0 fully saturated rings. The molecule has 3 rings (SSSR count). The molecule has 0 aliphatic rings. The first kappa shape index (κ1) is 39.1. The topological polar surface area (TPSA) is 103 Å². The highest BCUT2D eigenvalue weighted by atomic mass is 16.6. The van der Waals surface area contributed by atoms with Gasteiger partial charge in [0.2, 0.25) is 0 Å². The molecule has 0 atom stereocenters. The Labute approximate surface area is 285 Å². The molecule has 0 saturated heterocycles. The summed E-state index contributed by atoms with van der Waals surface area (Å²) in [7, 11) is 0. The zero-order valence-corrected chi connectivity index (χ0v) is 28.7. The van der Waals surface area contributed by atoms with Crippen molar-refractivity contribution in [3.63, 3.8) is 0 Å². The second kappa shape index (κ2) is 23.1. The number of carbonyl (C=O) groups is 1. The van der Waals surface area contributed by atoms with Gasteiger partial charge in [-0.15, -0.1) is 0 Å². The van der Waals surface area contributed by atoms with Crippen molar-refractivity contribution in [2.75, 3.05) is 92.4 Å². The van der Waals surface area contributed by atoms with Crippen LogP contribution in [0.4, 0.5) is 4.79 Å². The molecule has 0 unspecified atom stereocenters. The van der Waals surface area contributed by atoms with Crippen LogP contribution in [0.3, 0.4) is 0 Å². The van der Waals surface area contributed by atoms with Gasteiger partial charge in [-0.1, -0.05) is 91.0 Å². The lowest BCUT2D eigenvalue weighted by molar-refractivity contribution is -0.0395. The SMILES string of the molecule is CC(C)(C)OC(=O)NCCOCCOCCOCCOCCOCCOCCOC(c1ccccc1)(c1ccccc1)c1ccccc1. The predicted molar refractivity (Wildman–Crippen MR) is 184 cm³/mol. The molecule has 0 aliphatic heterocycles. The number of ether oxygens (including phenoxy) is 8. The Kier molecular flexibility index (Phi) is 18.8. The Bertz CT molecular complexity index is 1130. The van der Waals surface area contributed by atoms with Gasteiger partial charge in [0.1, 0.15) is 11.2 Å². The van der Waals surface area contributed by atoms with E-state index in [1.54, 1.807) is 0 Å². The molecule has 0 bridgehead atoms. The molecule has 0 saturated carbocycles. The van der Waals surface area contributed by atoms with E-state index in [1.807, 2.05) is 75.4 Å². The normalized spacial score (nSPS) is 11.8. The summed E-state index contributed by atoms with van der Waals surface area (Å²) in [6.45, 7) is 11.8. The third-order valence-electron chi connectivity index (χ3n) is 6.86. The Morgan fingerprint density at radius 2 is 0.792 bits per heavy atom. The summed E-state index contributed by atoms with van der Waals surface area (Å²) >= 11 is 0. The van der Waals surface area contributed by atoms with E-state index in [0.29, 0.717) is 92.4 Å². The van der Waals surface area contributed by atoms with Gasteiger partial charge in [-0.25, -0.2) is 4.79 Å². The summed E-state index contributed by atoms with van der Waals surface area (Å²) in [5, 5.41) is 2.64. The molecule has 0 aliphatic carbocycles. The number of carbonyl (C=O) groups excluding carboxylic acids is 1. The fourth-order valence-corrected chi connectivity index (χ4v) is 4.76. The van der Waals surface area contributed by atoms with Gasteiger partial charge in [0, 0.05) is 6.54 Å². The molecule has 264 valence electrons. The Morgan fingerprint density at radius 3 is 1.12 bits per heavy atom. The highest BCUT2D eigenvalue weighted by Crippen LogP contribution is 2.40. The molecule has 1 N–H and O–H groups in total. The van der Waals surface area contributed by atoms with Gasteiger partial charge in [0.25, 0.3) is 0 Å². The zero-order valence-electron chi connectivity index (χ0n) is 28.7. The fraction of sp³-hybridized carbons (Fsp3) is 0.500. The van der Waals surface area contributed by atoms with Crippen LogP contribution in [-0.4, -0.2) is 104 Å². The number of alkyl carbamates (subject to hydrolysis) is 1. The summed E-state index contributed by atoms with van der Waals surface area (Å²) < 4.78 is 45.3. The number of nitrogens with one attached hydrogen (secondary N) is 1. The van der Waals surface area contributed by atoms with Crippen molar-refractivity contribution in [3.8, 4) is 0 Å². The molecule has 0 spiro atoms. The molecule has 3 aromatic rings. The summed E-state index contributed by atoms with van der Waals surface area (Å²) in [6, 6.07) is 30.9. The van der Waals surface area contributed by atoms with Crippen molar-refractivity contribution in [1.82, 2.24) is 5.32 Å². The highest BCUT2D eigenvalue weighted by Gasteiger charge is 2.37. The maximum absolute atomic E-state index is 11.5. The van der Waals surface area contributed by atoms with Crippen molar-refractivity contribution in [2.24, 2.45) is 0 Å². The lowest BCUT2D eigenvalue weighted by Crippen LogP contribution is -2.34. The Balaban J connectivity index is 1.16. The Morgan fingerprint density at radius 1 is 0.479 bits per heavy atom. The van der Waals surface area contributed by atoms with Crippen LogP contribution in [0.25, 0.3) is 0 Å². The lowest BCUT2D eigenvalue weighted by Gasteiger charge is -2.36. The molecule has 48 heavy (non-hydrogen) atoms.